The average Bonchev–Trinajstić information content (AvgIpc) is 2.73. The van der Waals surface area contributed by atoms with Crippen LogP contribution >= 0.6 is 11.6 Å². The van der Waals surface area contributed by atoms with Gasteiger partial charge in [-0.25, -0.2) is 9.69 Å². The maximum absolute atomic E-state index is 13.1. The van der Waals surface area contributed by atoms with Gasteiger partial charge in [0.2, 0.25) is 0 Å². The molecule has 31 heavy (non-hydrogen) atoms. The highest BCUT2D eigenvalue weighted by Gasteiger charge is 2.37. The van der Waals surface area contributed by atoms with Gasteiger partial charge in [-0.3, -0.25) is 14.9 Å². The second-order valence-corrected chi connectivity index (χ2v) is 6.99. The summed E-state index contributed by atoms with van der Waals surface area (Å²) in [5.41, 5.74) is 1.19. The standard InChI is InChI=1S/C23H21ClN2O5/c1-4-11-31-19-10-9-15(13-20(19)30-5-2)12-16-21(27)25-23(29)26(22(16)28)18-8-6-7-17(24)14(18)3/h4,6-10,12-13H,1,5,11H2,2-3H3,(H,25,27,29)/b16-12+. The minimum absolute atomic E-state index is 0.193. The Bertz CT molecular complexity index is 1090. The zero-order chi connectivity index (χ0) is 22.5. The predicted octanol–water partition coefficient (Wildman–Crippen LogP) is 4.28. The van der Waals surface area contributed by atoms with Gasteiger partial charge in [0.05, 0.1) is 12.3 Å². The maximum atomic E-state index is 13.1. The summed E-state index contributed by atoms with van der Waals surface area (Å²) >= 11 is 6.14. The summed E-state index contributed by atoms with van der Waals surface area (Å²) in [4.78, 5) is 38.8. The molecule has 2 aromatic carbocycles. The van der Waals surface area contributed by atoms with E-state index < -0.39 is 17.8 Å². The Hall–Kier alpha value is -3.58. The fraction of sp³-hybridized carbons (Fsp3) is 0.174. The Morgan fingerprint density at radius 1 is 1.13 bits per heavy atom. The van der Waals surface area contributed by atoms with Crippen LogP contribution in [0.15, 0.2) is 54.6 Å². The topological polar surface area (TPSA) is 84.9 Å². The molecule has 0 saturated carbocycles. The number of barbiturate groups is 1. The van der Waals surface area contributed by atoms with Gasteiger partial charge in [-0.15, -0.1) is 0 Å². The number of hydrogen-bond acceptors (Lipinski definition) is 5. The van der Waals surface area contributed by atoms with E-state index in [4.69, 9.17) is 21.1 Å². The van der Waals surface area contributed by atoms with Gasteiger partial charge in [0.1, 0.15) is 12.2 Å². The Morgan fingerprint density at radius 2 is 1.90 bits per heavy atom. The van der Waals surface area contributed by atoms with E-state index in [9.17, 15) is 14.4 Å². The van der Waals surface area contributed by atoms with Gasteiger partial charge in [-0.2, -0.15) is 0 Å². The zero-order valence-corrected chi connectivity index (χ0v) is 17.9. The Morgan fingerprint density at radius 3 is 2.61 bits per heavy atom. The number of nitrogens with zero attached hydrogens (tertiary/aromatic N) is 1. The number of nitrogens with one attached hydrogen (secondary N) is 1. The molecule has 1 aliphatic rings. The molecule has 160 valence electrons. The molecule has 0 bridgehead atoms. The van der Waals surface area contributed by atoms with E-state index in [1.807, 2.05) is 6.92 Å². The molecule has 8 heteroatoms. The van der Waals surface area contributed by atoms with Crippen molar-refractivity contribution in [3.05, 3.63) is 70.8 Å². The second-order valence-electron chi connectivity index (χ2n) is 6.58. The number of carbonyl (C=O) groups excluding carboxylic acids is 3. The first-order chi connectivity index (χ1) is 14.9. The number of halogens is 1. The molecule has 1 heterocycles. The van der Waals surface area contributed by atoms with Crippen molar-refractivity contribution < 1.29 is 23.9 Å². The number of carbonyl (C=O) groups is 3. The Balaban J connectivity index is 2.01. The number of urea groups is 1. The van der Waals surface area contributed by atoms with Crippen LogP contribution in [0, 0.1) is 6.92 Å². The predicted molar refractivity (Wildman–Crippen MR) is 118 cm³/mol. The molecule has 0 aromatic heterocycles. The van der Waals surface area contributed by atoms with Crippen molar-refractivity contribution in [1.82, 2.24) is 5.32 Å². The van der Waals surface area contributed by atoms with Crippen molar-refractivity contribution in [2.24, 2.45) is 0 Å². The van der Waals surface area contributed by atoms with Crippen molar-refractivity contribution in [3.63, 3.8) is 0 Å². The minimum atomic E-state index is -0.833. The lowest BCUT2D eigenvalue weighted by Gasteiger charge is -2.27. The quantitative estimate of drug-likeness (QED) is 0.394. The molecule has 0 aliphatic carbocycles. The minimum Gasteiger partial charge on any atom is -0.490 e. The van der Waals surface area contributed by atoms with Crippen molar-refractivity contribution >= 4 is 41.2 Å². The number of benzene rings is 2. The van der Waals surface area contributed by atoms with Crippen LogP contribution in [0.3, 0.4) is 0 Å². The summed E-state index contributed by atoms with van der Waals surface area (Å²) in [5, 5.41) is 2.60. The van der Waals surface area contributed by atoms with Crippen molar-refractivity contribution in [2.75, 3.05) is 18.1 Å². The van der Waals surface area contributed by atoms with E-state index in [0.29, 0.717) is 46.5 Å². The molecule has 4 amide bonds. The lowest BCUT2D eigenvalue weighted by atomic mass is 10.1. The third-order valence-corrected chi connectivity index (χ3v) is 4.93. The molecule has 0 radical (unpaired) electrons. The van der Waals surface area contributed by atoms with E-state index in [1.165, 1.54) is 6.08 Å². The van der Waals surface area contributed by atoms with Gasteiger partial charge in [0.15, 0.2) is 11.5 Å². The molecule has 0 unspecified atom stereocenters. The van der Waals surface area contributed by atoms with E-state index in [2.05, 4.69) is 11.9 Å². The van der Waals surface area contributed by atoms with Gasteiger partial charge in [0.25, 0.3) is 11.8 Å². The van der Waals surface area contributed by atoms with E-state index in [1.54, 1.807) is 49.4 Å². The van der Waals surface area contributed by atoms with Crippen LogP contribution < -0.4 is 19.7 Å². The van der Waals surface area contributed by atoms with E-state index in [0.717, 1.165) is 4.90 Å². The van der Waals surface area contributed by atoms with E-state index in [-0.39, 0.29) is 5.57 Å². The van der Waals surface area contributed by atoms with Gasteiger partial charge in [-0.1, -0.05) is 36.4 Å². The molecule has 1 aliphatic heterocycles. The highest BCUT2D eigenvalue weighted by molar-refractivity contribution is 6.39. The average molecular weight is 441 g/mol. The molecular weight excluding hydrogens is 420 g/mol. The summed E-state index contributed by atoms with van der Waals surface area (Å²) in [5.74, 6) is -0.560. The number of amides is 4. The molecule has 1 fully saturated rings. The van der Waals surface area contributed by atoms with Gasteiger partial charge < -0.3 is 9.47 Å². The molecule has 1 saturated heterocycles. The highest BCUT2D eigenvalue weighted by atomic mass is 35.5. The SMILES string of the molecule is C=CCOc1ccc(/C=C2\C(=O)NC(=O)N(c3cccc(Cl)c3C)C2=O)cc1OCC. The van der Waals surface area contributed by atoms with Crippen LogP contribution in [0.2, 0.25) is 5.02 Å². The molecule has 3 rings (SSSR count). The second kappa shape index (κ2) is 9.49. The Kier molecular flexibility index (Phi) is 6.77. The summed E-state index contributed by atoms with van der Waals surface area (Å²) in [6, 6.07) is 9.05. The van der Waals surface area contributed by atoms with Crippen LogP contribution in [-0.4, -0.2) is 31.1 Å². The van der Waals surface area contributed by atoms with Crippen LogP contribution in [-0.2, 0) is 9.59 Å². The summed E-state index contributed by atoms with van der Waals surface area (Å²) in [7, 11) is 0. The number of anilines is 1. The molecule has 0 spiro atoms. The van der Waals surface area contributed by atoms with E-state index >= 15 is 0 Å². The van der Waals surface area contributed by atoms with Gasteiger partial charge in [0, 0.05) is 5.02 Å². The zero-order valence-electron chi connectivity index (χ0n) is 17.1. The molecular formula is C23H21ClN2O5. The van der Waals surface area contributed by atoms with Crippen molar-refractivity contribution in [3.8, 4) is 11.5 Å². The smallest absolute Gasteiger partial charge is 0.335 e. The highest BCUT2D eigenvalue weighted by Crippen LogP contribution is 2.32. The Labute approximate surface area is 184 Å². The summed E-state index contributed by atoms with van der Waals surface area (Å²) in [6.07, 6.45) is 3.01. The van der Waals surface area contributed by atoms with Crippen LogP contribution in [0.1, 0.15) is 18.1 Å². The third kappa shape index (κ3) is 4.62. The van der Waals surface area contributed by atoms with Crippen LogP contribution in [0.4, 0.5) is 10.5 Å². The van der Waals surface area contributed by atoms with Gasteiger partial charge in [-0.05, 0) is 55.3 Å². The largest absolute Gasteiger partial charge is 0.490 e. The summed E-state index contributed by atoms with van der Waals surface area (Å²) < 4.78 is 11.2. The fourth-order valence-corrected chi connectivity index (χ4v) is 3.20. The first-order valence-electron chi connectivity index (χ1n) is 9.54. The number of ether oxygens (including phenoxy) is 2. The molecule has 1 N–H and O–H groups in total. The van der Waals surface area contributed by atoms with Gasteiger partial charge >= 0.3 is 6.03 Å². The first-order valence-corrected chi connectivity index (χ1v) is 9.92. The lowest BCUT2D eigenvalue weighted by molar-refractivity contribution is -0.122. The van der Waals surface area contributed by atoms with Crippen molar-refractivity contribution in [2.45, 2.75) is 13.8 Å². The molecule has 0 atom stereocenters. The maximum Gasteiger partial charge on any atom is 0.335 e. The number of hydrogen-bond donors (Lipinski definition) is 1. The number of imide groups is 2. The number of rotatable bonds is 7. The lowest BCUT2D eigenvalue weighted by Crippen LogP contribution is -2.54. The first kappa shape index (κ1) is 22.1. The molecule has 7 nitrogen and oxygen atoms in total. The van der Waals surface area contributed by atoms with Crippen LogP contribution in [0.25, 0.3) is 6.08 Å². The fourth-order valence-electron chi connectivity index (χ4n) is 3.03. The van der Waals surface area contributed by atoms with Crippen molar-refractivity contribution in [1.29, 1.82) is 0 Å². The third-order valence-electron chi connectivity index (χ3n) is 4.52. The molecule has 2 aromatic rings. The summed E-state index contributed by atoms with van der Waals surface area (Å²) in [6.45, 7) is 7.84. The van der Waals surface area contributed by atoms with Crippen LogP contribution in [0.5, 0.6) is 11.5 Å². The normalized spacial score (nSPS) is 15.1. The monoisotopic (exact) mass is 440 g/mol.